The van der Waals surface area contributed by atoms with E-state index < -0.39 is 18.5 Å². The molecule has 0 aliphatic carbocycles. The molecule has 0 aliphatic rings. The number of carbonyl (C=O) groups excluding carboxylic acids is 3. The van der Waals surface area contributed by atoms with Gasteiger partial charge in [0.25, 0.3) is 5.91 Å². The average molecular weight is 416 g/mol. The normalized spacial score (nSPS) is 10.7. The van der Waals surface area contributed by atoms with E-state index >= 15 is 0 Å². The second-order valence-corrected chi connectivity index (χ2v) is 6.87. The number of ether oxygens (including phenoxy) is 1. The van der Waals surface area contributed by atoms with Crippen molar-refractivity contribution in [2.45, 2.75) is 13.3 Å². The molecule has 1 amide bonds. The summed E-state index contributed by atoms with van der Waals surface area (Å²) in [7, 11) is 0. The van der Waals surface area contributed by atoms with Gasteiger partial charge in [-0.05, 0) is 36.2 Å². The van der Waals surface area contributed by atoms with Gasteiger partial charge in [-0.3, -0.25) is 9.59 Å². The van der Waals surface area contributed by atoms with Crippen molar-refractivity contribution in [1.82, 2.24) is 4.98 Å². The van der Waals surface area contributed by atoms with Gasteiger partial charge in [0, 0.05) is 22.7 Å². The van der Waals surface area contributed by atoms with Crippen molar-refractivity contribution in [1.29, 1.82) is 0 Å². The molecule has 7 heteroatoms. The fraction of sp³-hybridized carbons (Fsp3) is 0.125. The first kappa shape index (κ1) is 20.2. The maximum Gasteiger partial charge on any atom is 0.340 e. The van der Waals surface area contributed by atoms with E-state index in [2.05, 4.69) is 10.3 Å². The zero-order valence-electron chi connectivity index (χ0n) is 16.8. The Hall–Kier alpha value is -4.13. The number of benzene rings is 2. The number of esters is 1. The van der Waals surface area contributed by atoms with Crippen LogP contribution in [0.2, 0.25) is 0 Å². The molecule has 0 atom stereocenters. The number of carbonyl (C=O) groups is 3. The topological polar surface area (TPSA) is 101 Å². The van der Waals surface area contributed by atoms with Gasteiger partial charge in [0.05, 0.1) is 17.5 Å². The van der Waals surface area contributed by atoms with Crippen LogP contribution in [0.4, 0.5) is 5.69 Å². The third-order valence-electron chi connectivity index (χ3n) is 4.96. The number of hydrogen-bond donors (Lipinski definition) is 2. The molecule has 0 saturated carbocycles. The number of H-pyrrole nitrogens is 1. The van der Waals surface area contributed by atoms with Crippen molar-refractivity contribution in [3.8, 4) is 0 Å². The second kappa shape index (κ2) is 8.71. The summed E-state index contributed by atoms with van der Waals surface area (Å²) in [5.41, 5.74) is 2.89. The van der Waals surface area contributed by atoms with Gasteiger partial charge in [0.2, 0.25) is 5.78 Å². The minimum Gasteiger partial charge on any atom is -0.459 e. The molecule has 7 nitrogen and oxygen atoms in total. The van der Waals surface area contributed by atoms with Crippen LogP contribution in [-0.2, 0) is 11.2 Å². The lowest BCUT2D eigenvalue weighted by molar-refractivity contribution is 0.0476. The SMILES string of the molecule is CCc1cccc2c(C(=O)COC(=O)c3ccccc3NC(=O)c3ccco3)c[nH]c12. The molecule has 4 aromatic rings. The molecule has 2 N–H and O–H groups in total. The van der Waals surface area contributed by atoms with Crippen molar-refractivity contribution in [2.24, 2.45) is 0 Å². The van der Waals surface area contributed by atoms with Gasteiger partial charge in [0.1, 0.15) is 0 Å². The van der Waals surface area contributed by atoms with Crippen LogP contribution in [0.25, 0.3) is 10.9 Å². The maximum absolute atomic E-state index is 12.7. The number of rotatable bonds is 7. The summed E-state index contributed by atoms with van der Waals surface area (Å²) < 4.78 is 10.3. The van der Waals surface area contributed by atoms with E-state index in [1.54, 1.807) is 30.5 Å². The molecule has 0 aliphatic heterocycles. The number of ketones is 1. The summed E-state index contributed by atoms with van der Waals surface area (Å²) in [5, 5.41) is 3.42. The minimum atomic E-state index is -0.710. The molecule has 0 spiro atoms. The minimum absolute atomic E-state index is 0.115. The van der Waals surface area contributed by atoms with Crippen LogP contribution in [-0.4, -0.2) is 29.3 Å². The van der Waals surface area contributed by atoms with E-state index in [4.69, 9.17) is 9.15 Å². The summed E-state index contributed by atoms with van der Waals surface area (Å²) in [6.07, 6.45) is 3.85. The largest absolute Gasteiger partial charge is 0.459 e. The van der Waals surface area contributed by atoms with Crippen LogP contribution >= 0.6 is 0 Å². The quantitative estimate of drug-likeness (QED) is 0.338. The Morgan fingerprint density at radius 1 is 1.00 bits per heavy atom. The summed E-state index contributed by atoms with van der Waals surface area (Å²) >= 11 is 0. The van der Waals surface area contributed by atoms with Crippen molar-refractivity contribution >= 4 is 34.3 Å². The lowest BCUT2D eigenvalue weighted by Crippen LogP contribution is -2.17. The van der Waals surface area contributed by atoms with Gasteiger partial charge in [-0.15, -0.1) is 0 Å². The summed E-state index contributed by atoms with van der Waals surface area (Å²) in [5.74, 6) is -1.40. The van der Waals surface area contributed by atoms with Crippen molar-refractivity contribution in [2.75, 3.05) is 11.9 Å². The second-order valence-electron chi connectivity index (χ2n) is 6.87. The molecule has 0 bridgehead atoms. The van der Waals surface area contributed by atoms with Crippen LogP contribution < -0.4 is 5.32 Å². The van der Waals surface area contributed by atoms with Gasteiger partial charge >= 0.3 is 5.97 Å². The monoisotopic (exact) mass is 416 g/mol. The van der Waals surface area contributed by atoms with Crippen LogP contribution in [0, 0.1) is 0 Å². The van der Waals surface area contributed by atoms with Crippen LogP contribution in [0.15, 0.2) is 71.5 Å². The Bertz CT molecular complexity index is 1250. The van der Waals surface area contributed by atoms with E-state index in [1.165, 1.54) is 18.4 Å². The maximum atomic E-state index is 12.7. The number of amides is 1. The van der Waals surface area contributed by atoms with E-state index in [-0.39, 0.29) is 22.8 Å². The third kappa shape index (κ3) is 4.11. The average Bonchev–Trinajstić information content (AvgIpc) is 3.47. The molecule has 0 saturated heterocycles. The number of para-hydroxylation sites is 2. The van der Waals surface area contributed by atoms with Crippen molar-refractivity contribution in [3.05, 3.63) is 89.5 Å². The Morgan fingerprint density at radius 2 is 1.84 bits per heavy atom. The molecule has 2 aromatic carbocycles. The fourth-order valence-corrected chi connectivity index (χ4v) is 3.39. The van der Waals surface area contributed by atoms with Crippen LogP contribution in [0.1, 0.15) is 43.8 Å². The molecule has 2 heterocycles. The van der Waals surface area contributed by atoms with Gasteiger partial charge in [-0.1, -0.05) is 37.3 Å². The van der Waals surface area contributed by atoms with E-state index in [0.717, 1.165) is 22.9 Å². The highest BCUT2D eigenvalue weighted by molar-refractivity contribution is 6.10. The number of nitrogens with one attached hydrogen (secondary N) is 2. The zero-order valence-corrected chi connectivity index (χ0v) is 16.8. The number of aryl methyl sites for hydroxylation is 1. The third-order valence-corrected chi connectivity index (χ3v) is 4.96. The standard InChI is InChI=1S/C24H20N2O5/c1-2-15-7-5-9-16-18(13-25-22(15)16)20(27)14-31-24(29)17-8-3-4-10-19(17)26-23(28)21-11-6-12-30-21/h3-13,25H,2,14H2,1H3,(H,26,28). The van der Waals surface area contributed by atoms with Gasteiger partial charge < -0.3 is 19.5 Å². The first-order chi connectivity index (χ1) is 15.1. The number of fused-ring (bicyclic) bond motifs is 1. The van der Waals surface area contributed by atoms with E-state index in [9.17, 15) is 14.4 Å². The zero-order chi connectivity index (χ0) is 21.8. The van der Waals surface area contributed by atoms with Crippen molar-refractivity contribution in [3.63, 3.8) is 0 Å². The number of aromatic nitrogens is 1. The Kier molecular flexibility index (Phi) is 5.66. The van der Waals surface area contributed by atoms with Crippen LogP contribution in [0.5, 0.6) is 0 Å². The Morgan fingerprint density at radius 3 is 2.61 bits per heavy atom. The van der Waals surface area contributed by atoms with E-state index in [0.29, 0.717) is 5.56 Å². The summed E-state index contributed by atoms with van der Waals surface area (Å²) in [4.78, 5) is 40.7. The Labute approximate surface area is 178 Å². The highest BCUT2D eigenvalue weighted by Gasteiger charge is 2.19. The number of hydrogen-bond acceptors (Lipinski definition) is 5. The molecule has 0 unspecified atom stereocenters. The first-order valence-corrected chi connectivity index (χ1v) is 9.81. The summed E-state index contributed by atoms with van der Waals surface area (Å²) in [6.45, 7) is 1.63. The summed E-state index contributed by atoms with van der Waals surface area (Å²) in [6, 6.07) is 15.3. The highest BCUT2D eigenvalue weighted by atomic mass is 16.5. The Balaban J connectivity index is 1.47. The smallest absolute Gasteiger partial charge is 0.340 e. The fourth-order valence-electron chi connectivity index (χ4n) is 3.39. The predicted molar refractivity (Wildman–Crippen MR) is 115 cm³/mol. The number of Topliss-reactive ketones (excluding diaryl/α,β-unsaturated/α-hetero) is 1. The molecular formula is C24H20N2O5. The molecule has 0 fully saturated rings. The molecular weight excluding hydrogens is 396 g/mol. The number of anilines is 1. The van der Waals surface area contributed by atoms with Gasteiger partial charge in [0.15, 0.2) is 12.4 Å². The lowest BCUT2D eigenvalue weighted by atomic mass is 10.1. The highest BCUT2D eigenvalue weighted by Crippen LogP contribution is 2.23. The molecule has 31 heavy (non-hydrogen) atoms. The van der Waals surface area contributed by atoms with Gasteiger partial charge in [-0.25, -0.2) is 4.79 Å². The van der Waals surface area contributed by atoms with Crippen molar-refractivity contribution < 1.29 is 23.5 Å². The number of furan rings is 1. The van der Waals surface area contributed by atoms with E-state index in [1.807, 2.05) is 25.1 Å². The molecule has 156 valence electrons. The predicted octanol–water partition coefficient (Wildman–Crippen LogP) is 4.62. The van der Waals surface area contributed by atoms with Gasteiger partial charge in [-0.2, -0.15) is 0 Å². The molecule has 4 rings (SSSR count). The van der Waals surface area contributed by atoms with Crippen LogP contribution in [0.3, 0.4) is 0 Å². The first-order valence-electron chi connectivity index (χ1n) is 9.81. The lowest BCUT2D eigenvalue weighted by Gasteiger charge is -2.10. The number of aromatic amines is 1. The molecule has 0 radical (unpaired) electrons. The molecule has 2 aromatic heterocycles.